The van der Waals surface area contributed by atoms with Crippen molar-refractivity contribution in [2.45, 2.75) is 29.8 Å². The summed E-state index contributed by atoms with van der Waals surface area (Å²) in [6.45, 7) is 0.312. The van der Waals surface area contributed by atoms with Crippen LogP contribution in [0.25, 0.3) is 10.8 Å². The molecule has 2 amide bonds. The van der Waals surface area contributed by atoms with Crippen molar-refractivity contribution in [1.29, 1.82) is 0 Å². The predicted octanol–water partition coefficient (Wildman–Crippen LogP) is 5.50. The molecule has 0 aliphatic carbocycles. The fourth-order valence-electron chi connectivity index (χ4n) is 5.60. The Morgan fingerprint density at radius 1 is 1.00 bits per heavy atom. The van der Waals surface area contributed by atoms with Gasteiger partial charge in [-0.1, -0.05) is 6.07 Å². The lowest BCUT2D eigenvalue weighted by molar-refractivity contribution is -0.133. The van der Waals surface area contributed by atoms with E-state index < -0.39 is 42.5 Å². The highest BCUT2D eigenvalue weighted by Crippen LogP contribution is 2.41. The number of halogens is 2. The van der Waals surface area contributed by atoms with Crippen LogP contribution >= 0.6 is 21.2 Å². The smallest absolute Gasteiger partial charge is 0.411 e. The summed E-state index contributed by atoms with van der Waals surface area (Å²) >= 11 is 1.35. The highest BCUT2D eigenvalue weighted by molar-refractivity contribution is 14.2. The molecule has 1 aliphatic heterocycles. The molecule has 242 valence electrons. The third kappa shape index (κ3) is 6.74. The maximum atomic E-state index is 14.6. The Balaban J connectivity index is 1.60. The van der Waals surface area contributed by atoms with Gasteiger partial charge >= 0.3 is 6.09 Å². The number of hydrogen-bond acceptors (Lipinski definition) is 9. The zero-order valence-electron chi connectivity index (χ0n) is 24.9. The number of amides is 2. The summed E-state index contributed by atoms with van der Waals surface area (Å²) in [5, 5.41) is 5.97. The second-order valence-electron chi connectivity index (χ2n) is 10.4. The monoisotopic (exact) mass is 764 g/mol. The number of aromatic amines is 1. The molecule has 3 aromatic carbocycles. The molecule has 5 rings (SSSR count). The molecule has 15 heteroatoms. The van der Waals surface area contributed by atoms with Crippen LogP contribution < -0.4 is 25.7 Å². The Kier molecular flexibility index (Phi) is 9.71. The van der Waals surface area contributed by atoms with Crippen LogP contribution in [0.1, 0.15) is 36.1 Å². The number of carbonyl (C=O) groups excluding carboxylic acids is 2. The Morgan fingerprint density at radius 3 is 2.43 bits per heavy atom. The van der Waals surface area contributed by atoms with E-state index >= 15 is 0 Å². The van der Waals surface area contributed by atoms with Crippen molar-refractivity contribution in [3.63, 3.8) is 0 Å². The van der Waals surface area contributed by atoms with Gasteiger partial charge in [0.15, 0.2) is 11.5 Å². The number of anilines is 2. The van der Waals surface area contributed by atoms with Crippen molar-refractivity contribution < 1.29 is 36.6 Å². The molecule has 0 unspecified atom stereocenters. The molecule has 1 saturated heterocycles. The van der Waals surface area contributed by atoms with Gasteiger partial charge in [-0.2, -0.15) is 0 Å². The van der Waals surface area contributed by atoms with Gasteiger partial charge in [0.2, 0.25) is 12.9 Å². The molecule has 0 radical (unpaired) electrons. The topological polar surface area (TPSA) is 156 Å². The number of carbonyl (C=O) groups is 2. The molecule has 1 fully saturated rings. The number of rotatable bonds is 9. The molecule has 0 bridgehead atoms. The minimum atomic E-state index is -3.76. The zero-order chi connectivity index (χ0) is 33.2. The molecule has 0 spiro atoms. The molecule has 0 saturated carbocycles. The second kappa shape index (κ2) is 13.5. The molecule has 4 aromatic rings. The molecule has 1 aliphatic rings. The predicted molar refractivity (Wildman–Crippen MR) is 178 cm³/mol. The minimum absolute atomic E-state index is 0.0135. The summed E-state index contributed by atoms with van der Waals surface area (Å²) in [7, 11) is 0.404. The van der Waals surface area contributed by atoms with Crippen LogP contribution in [0.2, 0.25) is 0 Å². The van der Waals surface area contributed by atoms with Gasteiger partial charge in [-0.15, -0.1) is 0 Å². The van der Waals surface area contributed by atoms with E-state index in [2.05, 4.69) is 20.4 Å². The fourth-order valence-corrected chi connectivity index (χ4v) is 7.51. The number of nitrogens with zero attached hydrogens (tertiary/aromatic N) is 1. The summed E-state index contributed by atoms with van der Waals surface area (Å²) in [6.07, 6.45) is 1.29. The lowest BCUT2D eigenvalue weighted by atomic mass is 10.0. The third-order valence-corrected chi connectivity index (χ3v) is 10.1. The minimum Gasteiger partial charge on any atom is -0.493 e. The number of hydrogen-bond donors (Lipinski definition) is 3. The average molecular weight is 765 g/mol. The van der Waals surface area contributed by atoms with Crippen LogP contribution in [0.15, 0.2) is 70.5 Å². The highest BCUT2D eigenvalue weighted by atomic mass is 127. The van der Waals surface area contributed by atoms with Gasteiger partial charge < -0.3 is 29.4 Å². The zero-order valence-corrected chi connectivity index (χ0v) is 27.9. The summed E-state index contributed by atoms with van der Waals surface area (Å²) < 4.78 is 55.6. The van der Waals surface area contributed by atoms with Gasteiger partial charge in [0.25, 0.3) is 5.56 Å². The molecule has 2 heterocycles. The highest BCUT2D eigenvalue weighted by Gasteiger charge is 2.37. The summed E-state index contributed by atoms with van der Waals surface area (Å²) in [6, 6.07) is 12.1. The van der Waals surface area contributed by atoms with Crippen molar-refractivity contribution in [3.8, 4) is 11.5 Å². The fraction of sp³-hybridized carbons (Fsp3) is 0.258. The molecule has 3 N–H and O–H groups in total. The summed E-state index contributed by atoms with van der Waals surface area (Å²) in [4.78, 5) is 43.0. The van der Waals surface area contributed by atoms with Crippen LogP contribution in [0.3, 0.4) is 0 Å². The first-order valence-corrected chi connectivity index (χ1v) is 18.0. The molecule has 12 nitrogen and oxygen atoms in total. The number of likely N-dealkylation sites (tertiary alicyclic amines) is 1. The lowest BCUT2D eigenvalue weighted by Crippen LogP contribution is -2.38. The third-order valence-electron chi connectivity index (χ3n) is 7.75. The van der Waals surface area contributed by atoms with Crippen molar-refractivity contribution >= 4 is 62.4 Å². The Hall–Kier alpha value is -4.38. The summed E-state index contributed by atoms with van der Waals surface area (Å²) in [5.41, 5.74) is 0.999. The standard InChI is InChI=1S/C31H30FIN4O8S/c1-43-25-10-6-17(13-26(25)44-2)28(35-18-7-9-20-21(14-18)29(38)34-16-23(20)32)30(39)37-12-4-5-24(37)22-15-19(36-31(40)45-3)8-11-27(22)46(33,41)42/h6-11,13-16,24,28,35H,4-5,12H2,1-3H3,(H,34,38)(H,36,40)/t24-,28-/m1/s1. The largest absolute Gasteiger partial charge is 0.493 e. The van der Waals surface area contributed by atoms with Gasteiger partial charge in [0, 0.05) is 29.5 Å². The second-order valence-corrected chi connectivity index (χ2v) is 15.2. The Morgan fingerprint density at radius 2 is 1.74 bits per heavy atom. The van der Waals surface area contributed by atoms with E-state index in [1.165, 1.54) is 72.9 Å². The van der Waals surface area contributed by atoms with E-state index in [0.29, 0.717) is 53.4 Å². The van der Waals surface area contributed by atoms with Crippen molar-refractivity contribution in [1.82, 2.24) is 9.88 Å². The molecular formula is C31H30FIN4O8S. The number of aromatic nitrogens is 1. The van der Waals surface area contributed by atoms with Gasteiger partial charge in [-0.3, -0.25) is 14.9 Å². The quantitative estimate of drug-likeness (QED) is 0.148. The van der Waals surface area contributed by atoms with E-state index in [0.717, 1.165) is 6.20 Å². The average Bonchev–Trinajstić information content (AvgIpc) is 3.54. The van der Waals surface area contributed by atoms with Crippen LogP contribution in [-0.2, 0) is 16.5 Å². The van der Waals surface area contributed by atoms with E-state index in [1.807, 2.05) is 0 Å². The van der Waals surface area contributed by atoms with E-state index in [1.54, 1.807) is 29.2 Å². The first-order chi connectivity index (χ1) is 21.9. The number of methoxy groups -OCH3 is 3. The lowest BCUT2D eigenvalue weighted by Gasteiger charge is -2.31. The number of pyridine rings is 1. The van der Waals surface area contributed by atoms with E-state index in [-0.39, 0.29) is 15.7 Å². The van der Waals surface area contributed by atoms with Gasteiger partial charge in [0.05, 0.1) is 58.9 Å². The van der Waals surface area contributed by atoms with Crippen LogP contribution in [0.4, 0.5) is 20.6 Å². The molecule has 46 heavy (non-hydrogen) atoms. The Bertz CT molecular complexity index is 1990. The summed E-state index contributed by atoms with van der Waals surface area (Å²) in [5.74, 6) is -0.185. The SMILES string of the molecule is COC(=O)Nc1ccc(S(=O)(=O)I)c([C@H]2CCCN2C(=O)[C@H](Nc2ccc3c(F)c[nH]c(=O)c3c2)c2ccc(OC)c(OC)c2)c1. The molecule has 1 aromatic heterocycles. The van der Waals surface area contributed by atoms with Crippen LogP contribution in [-0.4, -0.2) is 58.2 Å². The number of fused-ring (bicyclic) bond motifs is 1. The van der Waals surface area contributed by atoms with Crippen molar-refractivity contribution in [2.24, 2.45) is 0 Å². The van der Waals surface area contributed by atoms with Gasteiger partial charge in [-0.05, 0) is 72.5 Å². The maximum Gasteiger partial charge on any atom is 0.411 e. The number of nitrogens with one attached hydrogen (secondary N) is 3. The van der Waals surface area contributed by atoms with E-state index in [9.17, 15) is 27.2 Å². The number of ether oxygens (including phenoxy) is 3. The Labute approximate surface area is 275 Å². The van der Waals surface area contributed by atoms with E-state index in [4.69, 9.17) is 9.47 Å². The van der Waals surface area contributed by atoms with Gasteiger partial charge in [-0.25, -0.2) is 17.6 Å². The van der Waals surface area contributed by atoms with Crippen molar-refractivity contribution in [3.05, 3.63) is 88.1 Å². The van der Waals surface area contributed by atoms with Crippen molar-refractivity contribution in [2.75, 3.05) is 38.5 Å². The molecular weight excluding hydrogens is 734 g/mol. The van der Waals surface area contributed by atoms with Crippen LogP contribution in [0, 0.1) is 5.82 Å². The first-order valence-electron chi connectivity index (χ1n) is 14.0. The first kappa shape index (κ1) is 33.0. The number of benzene rings is 3. The molecule has 2 atom stereocenters. The maximum absolute atomic E-state index is 14.6. The number of H-pyrrole nitrogens is 1. The normalized spacial score (nSPS) is 15.3. The van der Waals surface area contributed by atoms with Gasteiger partial charge in [0.1, 0.15) is 11.9 Å². The van der Waals surface area contributed by atoms with Crippen LogP contribution in [0.5, 0.6) is 11.5 Å².